The smallest absolute Gasteiger partial charge is 0.331 e. The lowest BCUT2D eigenvalue weighted by molar-refractivity contribution is -0.148. The van der Waals surface area contributed by atoms with Crippen LogP contribution in [-0.4, -0.2) is 35.0 Å². The van der Waals surface area contributed by atoms with Gasteiger partial charge < -0.3 is 4.74 Å². The molecule has 2 aliphatic rings. The van der Waals surface area contributed by atoms with Crippen LogP contribution in [0.3, 0.4) is 0 Å². The number of allylic oxidation sites excluding steroid dienone is 2. The summed E-state index contributed by atoms with van der Waals surface area (Å²) in [4.78, 5) is 50.5. The molecule has 0 aromatic heterocycles. The first-order valence-electron chi connectivity index (χ1n) is 9.45. The molecule has 0 N–H and O–H groups in total. The first kappa shape index (κ1) is 18.8. The second kappa shape index (κ2) is 7.83. The van der Waals surface area contributed by atoms with Crippen molar-refractivity contribution in [2.75, 3.05) is 6.54 Å². The van der Waals surface area contributed by atoms with Gasteiger partial charge in [0.05, 0.1) is 11.8 Å². The quantitative estimate of drug-likeness (QED) is 0.258. The topological polar surface area (TPSA) is 80.8 Å². The Morgan fingerprint density at radius 2 is 1.38 bits per heavy atom. The number of nitrogens with zero attached hydrogens (tertiary/aromatic N) is 1. The number of hydrogen-bond donors (Lipinski definition) is 0. The molecule has 1 saturated heterocycles. The highest BCUT2D eigenvalue weighted by Crippen LogP contribution is 2.34. The lowest BCUT2D eigenvalue weighted by Crippen LogP contribution is -2.37. The van der Waals surface area contributed by atoms with Crippen molar-refractivity contribution in [3.05, 3.63) is 77.9 Å². The number of likely N-dealkylation sites (tertiary alicyclic amines) is 1. The van der Waals surface area contributed by atoms with Crippen molar-refractivity contribution in [3.63, 3.8) is 0 Å². The van der Waals surface area contributed by atoms with E-state index in [4.69, 9.17) is 4.74 Å². The van der Waals surface area contributed by atoms with Gasteiger partial charge in [0.1, 0.15) is 12.3 Å². The molecular formula is C23H19NO5. The fourth-order valence-corrected chi connectivity index (χ4v) is 3.75. The first-order valence-corrected chi connectivity index (χ1v) is 9.45. The largest absolute Gasteiger partial charge is 0.425 e. The standard InChI is InChI=1S/C23H19NO5/c25-20(14-24-22(27)18-8-4-5-9-19(18)23(24)28)29-17-12-10-16(11-13-17)21(26)15-6-2-1-3-7-15/h1-7,10-13,18-19H,8-9,14H2/t18-,19-/m1/s1. The SMILES string of the molecule is O=C(CN1C(=O)[C@@H]2CC=CC[C@H]2C1=O)Oc1ccc(C(=O)c2ccccc2)cc1. The van der Waals surface area contributed by atoms with E-state index < -0.39 is 12.5 Å². The highest BCUT2D eigenvalue weighted by molar-refractivity contribution is 6.09. The minimum absolute atomic E-state index is 0.132. The average molecular weight is 389 g/mol. The predicted octanol–water partition coefficient (Wildman–Crippen LogP) is 2.77. The van der Waals surface area contributed by atoms with Crippen molar-refractivity contribution < 1.29 is 23.9 Å². The highest BCUT2D eigenvalue weighted by Gasteiger charge is 2.47. The van der Waals surface area contributed by atoms with Crippen LogP contribution in [0.2, 0.25) is 0 Å². The Kier molecular flexibility index (Phi) is 5.08. The second-order valence-corrected chi connectivity index (χ2v) is 7.11. The molecule has 1 aliphatic heterocycles. The van der Waals surface area contributed by atoms with Crippen LogP contribution in [-0.2, 0) is 14.4 Å². The number of ketones is 1. The predicted molar refractivity (Wildman–Crippen MR) is 104 cm³/mol. The maximum absolute atomic E-state index is 12.4. The van der Waals surface area contributed by atoms with E-state index in [-0.39, 0.29) is 35.2 Å². The lowest BCUT2D eigenvalue weighted by atomic mass is 9.85. The zero-order valence-electron chi connectivity index (χ0n) is 15.6. The number of carbonyl (C=O) groups is 4. The van der Waals surface area contributed by atoms with Crippen LogP contribution in [0.15, 0.2) is 66.7 Å². The van der Waals surface area contributed by atoms with E-state index in [9.17, 15) is 19.2 Å². The van der Waals surface area contributed by atoms with Gasteiger partial charge in [-0.1, -0.05) is 42.5 Å². The van der Waals surface area contributed by atoms with Gasteiger partial charge in [-0.2, -0.15) is 0 Å². The third-order valence-electron chi connectivity index (χ3n) is 5.27. The van der Waals surface area contributed by atoms with Crippen LogP contribution in [0.5, 0.6) is 5.75 Å². The molecular weight excluding hydrogens is 370 g/mol. The molecule has 0 saturated carbocycles. The number of imide groups is 1. The molecule has 146 valence electrons. The molecule has 6 nitrogen and oxygen atoms in total. The van der Waals surface area contributed by atoms with Gasteiger partial charge in [-0.25, -0.2) is 4.79 Å². The van der Waals surface area contributed by atoms with Crippen LogP contribution in [0, 0.1) is 11.8 Å². The number of benzene rings is 2. The minimum atomic E-state index is -0.694. The Morgan fingerprint density at radius 3 is 1.97 bits per heavy atom. The Bertz CT molecular complexity index is 968. The Morgan fingerprint density at radius 1 is 0.828 bits per heavy atom. The summed E-state index contributed by atoms with van der Waals surface area (Å²) in [5, 5.41) is 0. The molecule has 2 atom stereocenters. The molecule has 4 rings (SSSR count). The summed E-state index contributed by atoms with van der Waals surface area (Å²) in [5.41, 5.74) is 1.04. The molecule has 2 aromatic rings. The number of ether oxygens (including phenoxy) is 1. The molecule has 6 heteroatoms. The number of amides is 2. The van der Waals surface area contributed by atoms with Crippen LogP contribution >= 0.6 is 0 Å². The van der Waals surface area contributed by atoms with Gasteiger partial charge in [-0.15, -0.1) is 0 Å². The van der Waals surface area contributed by atoms with Crippen LogP contribution in [0.25, 0.3) is 0 Å². The number of carbonyl (C=O) groups excluding carboxylic acids is 4. The normalized spacial score (nSPS) is 20.5. The second-order valence-electron chi connectivity index (χ2n) is 7.11. The van der Waals surface area contributed by atoms with Gasteiger partial charge >= 0.3 is 5.97 Å². The number of fused-ring (bicyclic) bond motifs is 1. The number of esters is 1. The summed E-state index contributed by atoms with van der Waals surface area (Å²) in [6.07, 6.45) is 4.84. The van der Waals surface area contributed by atoms with Gasteiger partial charge in [0.15, 0.2) is 5.78 Å². The highest BCUT2D eigenvalue weighted by atomic mass is 16.5. The van der Waals surface area contributed by atoms with Crippen LogP contribution in [0.1, 0.15) is 28.8 Å². The molecule has 1 aliphatic carbocycles. The molecule has 2 amide bonds. The molecule has 2 aromatic carbocycles. The van der Waals surface area contributed by atoms with E-state index in [1.807, 2.05) is 18.2 Å². The summed E-state index contributed by atoms with van der Waals surface area (Å²) < 4.78 is 5.25. The monoisotopic (exact) mass is 389 g/mol. The van der Waals surface area contributed by atoms with E-state index >= 15 is 0 Å². The fourth-order valence-electron chi connectivity index (χ4n) is 3.75. The zero-order chi connectivity index (χ0) is 20.4. The maximum Gasteiger partial charge on any atom is 0.331 e. The molecule has 0 radical (unpaired) electrons. The van der Waals surface area contributed by atoms with E-state index in [1.165, 1.54) is 12.1 Å². The van der Waals surface area contributed by atoms with Gasteiger partial charge in [0, 0.05) is 11.1 Å². The maximum atomic E-state index is 12.4. The third-order valence-corrected chi connectivity index (χ3v) is 5.27. The van der Waals surface area contributed by atoms with Crippen molar-refractivity contribution >= 4 is 23.6 Å². The van der Waals surface area contributed by atoms with Crippen LogP contribution in [0.4, 0.5) is 0 Å². The zero-order valence-corrected chi connectivity index (χ0v) is 15.6. The van der Waals surface area contributed by atoms with Gasteiger partial charge in [0.25, 0.3) is 0 Å². The molecule has 29 heavy (non-hydrogen) atoms. The van der Waals surface area contributed by atoms with Crippen LogP contribution < -0.4 is 4.74 Å². The van der Waals surface area contributed by atoms with E-state index in [2.05, 4.69) is 0 Å². The lowest BCUT2D eigenvalue weighted by Gasteiger charge is -2.14. The Labute approximate surface area is 167 Å². The molecule has 0 bridgehead atoms. The molecule has 1 heterocycles. The Hall–Kier alpha value is -3.54. The first-order chi connectivity index (χ1) is 14.0. The summed E-state index contributed by atoms with van der Waals surface area (Å²) in [6.45, 7) is -0.407. The van der Waals surface area contributed by atoms with Crippen molar-refractivity contribution in [2.45, 2.75) is 12.8 Å². The Balaban J connectivity index is 1.38. The number of rotatable bonds is 5. The fraction of sp³-hybridized carbons (Fsp3) is 0.217. The van der Waals surface area contributed by atoms with Gasteiger partial charge in [-0.3, -0.25) is 19.3 Å². The van der Waals surface area contributed by atoms with E-state index in [0.29, 0.717) is 24.0 Å². The van der Waals surface area contributed by atoms with Gasteiger partial charge in [-0.05, 0) is 37.1 Å². The van der Waals surface area contributed by atoms with Crippen molar-refractivity contribution in [3.8, 4) is 5.75 Å². The molecule has 0 unspecified atom stereocenters. The summed E-state index contributed by atoms with van der Waals surface area (Å²) in [6, 6.07) is 15.1. The summed E-state index contributed by atoms with van der Waals surface area (Å²) >= 11 is 0. The minimum Gasteiger partial charge on any atom is -0.425 e. The van der Waals surface area contributed by atoms with Crippen molar-refractivity contribution in [2.24, 2.45) is 11.8 Å². The average Bonchev–Trinajstić information content (AvgIpc) is 2.99. The van der Waals surface area contributed by atoms with Gasteiger partial charge in [0.2, 0.25) is 11.8 Å². The summed E-state index contributed by atoms with van der Waals surface area (Å²) in [5.74, 6) is -1.95. The molecule has 1 fully saturated rings. The summed E-state index contributed by atoms with van der Waals surface area (Å²) in [7, 11) is 0. The van der Waals surface area contributed by atoms with Crippen molar-refractivity contribution in [1.29, 1.82) is 0 Å². The third kappa shape index (κ3) is 3.74. The number of hydrogen-bond acceptors (Lipinski definition) is 5. The van der Waals surface area contributed by atoms with E-state index in [0.717, 1.165) is 4.90 Å². The van der Waals surface area contributed by atoms with E-state index in [1.54, 1.807) is 36.4 Å². The molecule has 0 spiro atoms. The van der Waals surface area contributed by atoms with Crippen molar-refractivity contribution in [1.82, 2.24) is 4.90 Å².